The first-order valence-corrected chi connectivity index (χ1v) is 10.7. The van der Waals surface area contributed by atoms with E-state index < -0.39 is 23.3 Å². The Morgan fingerprint density at radius 1 is 1.26 bits per heavy atom. The van der Waals surface area contributed by atoms with Crippen LogP contribution in [0.1, 0.15) is 31.2 Å². The zero-order chi connectivity index (χ0) is 19.4. The molecule has 2 saturated heterocycles. The number of hydrogen-bond acceptors (Lipinski definition) is 5. The van der Waals surface area contributed by atoms with E-state index in [1.165, 1.54) is 4.90 Å². The van der Waals surface area contributed by atoms with E-state index in [4.69, 9.17) is 0 Å². The number of carboxylic acid groups (broad SMARTS) is 1. The maximum atomic E-state index is 13.0. The smallest absolute Gasteiger partial charge is 0.326 e. The van der Waals surface area contributed by atoms with Gasteiger partial charge in [0.25, 0.3) is 0 Å². The molecular formula is C19H24N2O4S2. The number of carbonyl (C=O) groups is 3. The van der Waals surface area contributed by atoms with Crippen LogP contribution < -0.4 is 5.32 Å². The maximum absolute atomic E-state index is 13.0. The van der Waals surface area contributed by atoms with Crippen molar-refractivity contribution >= 4 is 42.2 Å². The van der Waals surface area contributed by atoms with Crippen molar-refractivity contribution < 1.29 is 19.5 Å². The van der Waals surface area contributed by atoms with Gasteiger partial charge in [-0.25, -0.2) is 4.79 Å². The molecule has 1 aromatic rings. The number of aliphatic carboxylic acids is 1. The summed E-state index contributed by atoms with van der Waals surface area (Å²) in [6.07, 6.45) is 2.95. The fourth-order valence-corrected chi connectivity index (χ4v) is 5.29. The molecule has 8 heteroatoms. The topological polar surface area (TPSA) is 86.7 Å². The lowest BCUT2D eigenvalue weighted by atomic mass is 10.1. The summed E-state index contributed by atoms with van der Waals surface area (Å²) in [6, 6.07) is 8.09. The van der Waals surface area contributed by atoms with Crippen LogP contribution in [-0.2, 0) is 20.8 Å². The zero-order valence-electron chi connectivity index (χ0n) is 14.9. The summed E-state index contributed by atoms with van der Waals surface area (Å²) in [4.78, 5) is 38.7. The average Bonchev–Trinajstić information content (AvgIpc) is 2.81. The highest BCUT2D eigenvalue weighted by atomic mass is 32.2. The molecule has 0 radical (unpaired) electrons. The molecule has 6 nitrogen and oxygen atoms in total. The summed E-state index contributed by atoms with van der Waals surface area (Å²) >= 11 is 6.03. The van der Waals surface area contributed by atoms with Crippen molar-refractivity contribution in [3.63, 3.8) is 0 Å². The summed E-state index contributed by atoms with van der Waals surface area (Å²) in [5.41, 5.74) is 0.998. The summed E-state index contributed by atoms with van der Waals surface area (Å²) in [7, 11) is 0. The van der Waals surface area contributed by atoms with E-state index in [1.54, 1.807) is 11.8 Å². The highest BCUT2D eigenvalue weighted by molar-refractivity contribution is 7.99. The van der Waals surface area contributed by atoms with Gasteiger partial charge in [-0.15, -0.1) is 11.8 Å². The Balaban J connectivity index is 1.67. The maximum Gasteiger partial charge on any atom is 0.326 e. The average molecular weight is 409 g/mol. The Labute approximate surface area is 168 Å². The Morgan fingerprint density at radius 2 is 2.00 bits per heavy atom. The van der Waals surface area contributed by atoms with Crippen molar-refractivity contribution in [2.24, 2.45) is 0 Å². The third-order valence-electron chi connectivity index (χ3n) is 5.02. The van der Waals surface area contributed by atoms with Gasteiger partial charge >= 0.3 is 5.97 Å². The summed E-state index contributed by atoms with van der Waals surface area (Å²) in [5, 5.41) is 11.6. The normalized spacial score (nSPS) is 26.6. The molecule has 0 aliphatic carbocycles. The molecular weight excluding hydrogens is 384 g/mol. The van der Waals surface area contributed by atoms with Crippen LogP contribution in [-0.4, -0.2) is 56.3 Å². The van der Waals surface area contributed by atoms with Crippen LogP contribution in [0.3, 0.4) is 0 Å². The van der Waals surface area contributed by atoms with Crippen LogP contribution in [0.25, 0.3) is 0 Å². The predicted molar refractivity (Wildman–Crippen MR) is 108 cm³/mol. The number of carboxylic acids is 1. The van der Waals surface area contributed by atoms with E-state index in [9.17, 15) is 19.5 Å². The molecule has 1 aromatic carbocycles. The number of amides is 2. The number of carbonyl (C=O) groups excluding carboxylic acids is 2. The van der Waals surface area contributed by atoms with Crippen LogP contribution >= 0.6 is 24.4 Å². The Kier molecular flexibility index (Phi) is 6.70. The first-order chi connectivity index (χ1) is 13.0. The van der Waals surface area contributed by atoms with Gasteiger partial charge in [0.2, 0.25) is 11.8 Å². The number of thiol groups is 1. The number of fused-ring (bicyclic) bond motifs is 1. The van der Waals surface area contributed by atoms with Gasteiger partial charge in [0, 0.05) is 0 Å². The quantitative estimate of drug-likeness (QED) is 0.648. The van der Waals surface area contributed by atoms with Gasteiger partial charge in [-0.1, -0.05) is 30.3 Å². The monoisotopic (exact) mass is 408 g/mol. The van der Waals surface area contributed by atoms with E-state index in [-0.39, 0.29) is 17.2 Å². The molecule has 2 aliphatic heterocycles. The number of nitrogens with zero attached hydrogens (tertiary/aromatic N) is 1. The summed E-state index contributed by atoms with van der Waals surface area (Å²) < 4.78 is 0. The third-order valence-corrected chi connectivity index (χ3v) is 6.76. The van der Waals surface area contributed by atoms with E-state index >= 15 is 0 Å². The van der Waals surface area contributed by atoms with Crippen molar-refractivity contribution in [2.75, 3.05) is 5.75 Å². The predicted octanol–water partition coefficient (Wildman–Crippen LogP) is 1.94. The van der Waals surface area contributed by atoms with E-state index in [0.29, 0.717) is 19.3 Å². The molecule has 146 valence electrons. The number of nitrogens with one attached hydrogen (secondary N) is 1. The first kappa shape index (κ1) is 20.1. The third kappa shape index (κ3) is 4.79. The minimum atomic E-state index is -0.975. The molecule has 0 bridgehead atoms. The minimum absolute atomic E-state index is 0.120. The molecule has 0 unspecified atom stereocenters. The Morgan fingerprint density at radius 3 is 2.70 bits per heavy atom. The lowest BCUT2D eigenvalue weighted by molar-refractivity contribution is -0.152. The van der Waals surface area contributed by atoms with Crippen molar-refractivity contribution in [3.8, 4) is 0 Å². The highest BCUT2D eigenvalue weighted by Crippen LogP contribution is 2.34. The van der Waals surface area contributed by atoms with Gasteiger partial charge in [0.05, 0.1) is 10.6 Å². The van der Waals surface area contributed by atoms with Crippen molar-refractivity contribution in [2.45, 2.75) is 54.8 Å². The molecule has 4 atom stereocenters. The Hall–Kier alpha value is -1.67. The van der Waals surface area contributed by atoms with E-state index in [0.717, 1.165) is 24.2 Å². The van der Waals surface area contributed by atoms with Gasteiger partial charge in [0.1, 0.15) is 12.1 Å². The van der Waals surface area contributed by atoms with Crippen molar-refractivity contribution in [3.05, 3.63) is 35.9 Å². The van der Waals surface area contributed by atoms with Gasteiger partial charge in [-0.3, -0.25) is 9.59 Å². The molecule has 2 heterocycles. The molecule has 2 fully saturated rings. The lowest BCUT2D eigenvalue weighted by Crippen LogP contribution is -2.57. The molecule has 3 rings (SSSR count). The number of benzene rings is 1. The summed E-state index contributed by atoms with van der Waals surface area (Å²) in [6.45, 7) is 0. The van der Waals surface area contributed by atoms with Crippen LogP contribution in [0.2, 0.25) is 0 Å². The van der Waals surface area contributed by atoms with Gasteiger partial charge < -0.3 is 15.3 Å². The molecule has 0 spiro atoms. The SMILES string of the molecule is O=C(N[C@H]1CCC[C@H]2SCC[C@@H](C(=O)O)N2C1=O)[C@@H](S)Cc1ccccc1. The first-order valence-electron chi connectivity index (χ1n) is 9.16. The van der Waals surface area contributed by atoms with E-state index in [1.807, 2.05) is 30.3 Å². The van der Waals surface area contributed by atoms with Crippen LogP contribution in [0.5, 0.6) is 0 Å². The Bertz CT molecular complexity index is 700. The number of hydrogen-bond donors (Lipinski definition) is 3. The van der Waals surface area contributed by atoms with Crippen LogP contribution in [0.4, 0.5) is 0 Å². The molecule has 27 heavy (non-hydrogen) atoms. The second-order valence-corrected chi connectivity index (χ2v) is 8.82. The van der Waals surface area contributed by atoms with Gasteiger partial charge in [-0.2, -0.15) is 12.6 Å². The van der Waals surface area contributed by atoms with Crippen molar-refractivity contribution in [1.82, 2.24) is 10.2 Å². The largest absolute Gasteiger partial charge is 0.480 e. The fraction of sp³-hybridized carbons (Fsp3) is 0.526. The van der Waals surface area contributed by atoms with Gasteiger partial charge in [0.15, 0.2) is 0 Å². The molecule has 0 aromatic heterocycles. The number of rotatable bonds is 5. The highest BCUT2D eigenvalue weighted by Gasteiger charge is 2.43. The summed E-state index contributed by atoms with van der Waals surface area (Å²) in [5.74, 6) is -0.823. The van der Waals surface area contributed by atoms with Crippen LogP contribution in [0.15, 0.2) is 30.3 Å². The number of thioether (sulfide) groups is 1. The van der Waals surface area contributed by atoms with Crippen molar-refractivity contribution in [1.29, 1.82) is 0 Å². The van der Waals surface area contributed by atoms with Crippen LogP contribution in [0, 0.1) is 0 Å². The molecule has 2 N–H and O–H groups in total. The minimum Gasteiger partial charge on any atom is -0.480 e. The second-order valence-electron chi connectivity index (χ2n) is 6.91. The molecule has 2 aliphatic rings. The zero-order valence-corrected chi connectivity index (χ0v) is 16.6. The second kappa shape index (κ2) is 9.01. The lowest BCUT2D eigenvalue weighted by Gasteiger charge is -2.39. The fourth-order valence-electron chi connectivity index (χ4n) is 3.63. The molecule has 2 amide bonds. The molecule has 0 saturated carbocycles. The van der Waals surface area contributed by atoms with Gasteiger partial charge in [-0.05, 0) is 43.4 Å². The van der Waals surface area contributed by atoms with E-state index in [2.05, 4.69) is 17.9 Å². The standard InChI is InChI=1S/C19H24N2O4S2/c22-17(15(26)11-12-5-2-1-3-6-12)20-13-7-4-8-16-21(18(13)23)14(19(24)25)9-10-27-16/h1-3,5-6,13-16,26H,4,7-11H2,(H,20,22)(H,24,25)/t13-,14-,15-,16+/m0/s1.